The smallest absolute Gasteiger partial charge is 0.238 e. The summed E-state index contributed by atoms with van der Waals surface area (Å²) in [7, 11) is 3.99. The minimum Gasteiger partial charge on any atom is -0.492 e. The molecule has 0 heterocycles. The molecule has 1 aromatic carbocycles. The normalized spacial score (nSPS) is 10.3. The van der Waals surface area contributed by atoms with E-state index in [0.29, 0.717) is 13.2 Å². The number of amides is 1. The first-order chi connectivity index (χ1) is 9.61. The Morgan fingerprint density at radius 1 is 1.45 bits per heavy atom. The quantitative estimate of drug-likeness (QED) is 0.528. The molecule has 110 valence electrons. The zero-order chi connectivity index (χ0) is 14.8. The second-order valence-corrected chi connectivity index (χ2v) is 4.65. The van der Waals surface area contributed by atoms with Gasteiger partial charge >= 0.3 is 0 Å². The maximum Gasteiger partial charge on any atom is 0.238 e. The molecule has 0 fully saturated rings. The van der Waals surface area contributed by atoms with Gasteiger partial charge in [0.15, 0.2) is 0 Å². The molecule has 0 radical (unpaired) electrons. The lowest BCUT2D eigenvalue weighted by Gasteiger charge is -2.12. The summed E-state index contributed by atoms with van der Waals surface area (Å²) in [5.74, 6) is 0.668. The maximum absolute atomic E-state index is 11.6. The van der Waals surface area contributed by atoms with E-state index in [4.69, 9.17) is 4.74 Å². The second-order valence-electron chi connectivity index (χ2n) is 4.65. The summed E-state index contributed by atoms with van der Waals surface area (Å²) in [4.78, 5) is 13.7. The molecule has 0 aliphatic heterocycles. The Morgan fingerprint density at radius 3 is 2.95 bits per heavy atom. The zero-order valence-electron chi connectivity index (χ0n) is 12.2. The fourth-order valence-corrected chi connectivity index (χ4v) is 1.50. The molecule has 0 bridgehead atoms. The van der Waals surface area contributed by atoms with E-state index in [1.165, 1.54) is 0 Å². The molecular formula is C15H23N3O2. The van der Waals surface area contributed by atoms with Crippen LogP contribution in [0.5, 0.6) is 5.75 Å². The molecular weight excluding hydrogens is 254 g/mol. The average molecular weight is 277 g/mol. The van der Waals surface area contributed by atoms with E-state index in [-0.39, 0.29) is 12.5 Å². The first kappa shape index (κ1) is 16.2. The van der Waals surface area contributed by atoms with Gasteiger partial charge in [-0.3, -0.25) is 4.79 Å². The van der Waals surface area contributed by atoms with Gasteiger partial charge in [0.05, 0.1) is 6.54 Å². The third-order valence-corrected chi connectivity index (χ3v) is 2.50. The van der Waals surface area contributed by atoms with Gasteiger partial charge in [0, 0.05) is 24.8 Å². The van der Waals surface area contributed by atoms with Gasteiger partial charge in [0.2, 0.25) is 5.91 Å². The Bertz CT molecular complexity index is 433. The third kappa shape index (κ3) is 6.92. The van der Waals surface area contributed by atoms with E-state index in [1.807, 2.05) is 38.4 Å². The fourth-order valence-electron chi connectivity index (χ4n) is 1.50. The summed E-state index contributed by atoms with van der Waals surface area (Å²) in [6.07, 6.45) is 1.71. The number of anilines is 1. The highest BCUT2D eigenvalue weighted by Crippen LogP contribution is 2.17. The van der Waals surface area contributed by atoms with E-state index in [2.05, 4.69) is 22.1 Å². The van der Waals surface area contributed by atoms with Crippen LogP contribution in [0.3, 0.4) is 0 Å². The number of nitrogens with one attached hydrogen (secondary N) is 2. The van der Waals surface area contributed by atoms with E-state index in [9.17, 15) is 4.79 Å². The van der Waals surface area contributed by atoms with Gasteiger partial charge in [-0.05, 0) is 26.2 Å². The second kappa shape index (κ2) is 9.12. The highest BCUT2D eigenvalue weighted by atomic mass is 16.5. The number of hydrogen-bond acceptors (Lipinski definition) is 4. The molecule has 0 aliphatic carbocycles. The van der Waals surface area contributed by atoms with Crippen molar-refractivity contribution in [3.63, 3.8) is 0 Å². The van der Waals surface area contributed by atoms with Gasteiger partial charge in [-0.15, -0.1) is 6.58 Å². The summed E-state index contributed by atoms with van der Waals surface area (Å²) in [6, 6.07) is 7.39. The van der Waals surface area contributed by atoms with Crippen LogP contribution < -0.4 is 15.4 Å². The van der Waals surface area contributed by atoms with Crippen LogP contribution in [-0.2, 0) is 4.79 Å². The number of benzene rings is 1. The van der Waals surface area contributed by atoms with Crippen molar-refractivity contribution in [2.45, 2.75) is 0 Å². The van der Waals surface area contributed by atoms with Gasteiger partial charge in [-0.1, -0.05) is 12.1 Å². The standard InChI is InChI=1S/C15H23N3O2/c1-4-8-16-12-15(19)17-13-6-5-7-14(11-13)20-10-9-18(2)3/h4-7,11,16H,1,8-10,12H2,2-3H3,(H,17,19). The number of hydrogen-bond donors (Lipinski definition) is 2. The van der Waals surface area contributed by atoms with E-state index in [0.717, 1.165) is 18.0 Å². The molecule has 1 rings (SSSR count). The summed E-state index contributed by atoms with van der Waals surface area (Å²) < 4.78 is 5.62. The Hall–Kier alpha value is -1.85. The Labute approximate surface area is 120 Å². The SMILES string of the molecule is C=CCNCC(=O)Nc1cccc(OCCN(C)C)c1. The molecule has 0 aliphatic rings. The summed E-state index contributed by atoms with van der Waals surface area (Å²) in [6.45, 7) is 5.92. The maximum atomic E-state index is 11.6. The lowest BCUT2D eigenvalue weighted by molar-refractivity contribution is -0.115. The minimum absolute atomic E-state index is 0.0858. The van der Waals surface area contributed by atoms with Crippen molar-refractivity contribution in [2.24, 2.45) is 0 Å². The van der Waals surface area contributed by atoms with Crippen LogP contribution in [0.2, 0.25) is 0 Å². The van der Waals surface area contributed by atoms with Crippen LogP contribution >= 0.6 is 0 Å². The third-order valence-electron chi connectivity index (χ3n) is 2.50. The molecule has 5 heteroatoms. The largest absolute Gasteiger partial charge is 0.492 e. The molecule has 0 saturated carbocycles. The lowest BCUT2D eigenvalue weighted by Crippen LogP contribution is -2.28. The van der Waals surface area contributed by atoms with Crippen molar-refractivity contribution in [1.82, 2.24) is 10.2 Å². The van der Waals surface area contributed by atoms with Gasteiger partial charge in [0.1, 0.15) is 12.4 Å². The van der Waals surface area contributed by atoms with Crippen molar-refractivity contribution in [1.29, 1.82) is 0 Å². The van der Waals surface area contributed by atoms with Crippen molar-refractivity contribution in [2.75, 3.05) is 45.7 Å². The topological polar surface area (TPSA) is 53.6 Å². The Morgan fingerprint density at radius 2 is 2.25 bits per heavy atom. The molecule has 0 saturated heterocycles. The van der Waals surface area contributed by atoms with Crippen LogP contribution in [0.25, 0.3) is 0 Å². The van der Waals surface area contributed by atoms with Crippen molar-refractivity contribution >= 4 is 11.6 Å². The van der Waals surface area contributed by atoms with Crippen LogP contribution in [0.1, 0.15) is 0 Å². The first-order valence-corrected chi connectivity index (χ1v) is 6.61. The van der Waals surface area contributed by atoms with Crippen LogP contribution in [0.15, 0.2) is 36.9 Å². The monoisotopic (exact) mass is 277 g/mol. The number of ether oxygens (including phenoxy) is 1. The van der Waals surface area contributed by atoms with Gasteiger partial charge in [0.25, 0.3) is 0 Å². The highest BCUT2D eigenvalue weighted by molar-refractivity contribution is 5.92. The minimum atomic E-state index is -0.0858. The summed E-state index contributed by atoms with van der Waals surface area (Å²) >= 11 is 0. The molecule has 20 heavy (non-hydrogen) atoms. The number of rotatable bonds is 9. The molecule has 1 aromatic rings. The Balaban J connectivity index is 2.42. The van der Waals surface area contributed by atoms with E-state index in [1.54, 1.807) is 6.08 Å². The average Bonchev–Trinajstić information content (AvgIpc) is 2.39. The zero-order valence-corrected chi connectivity index (χ0v) is 12.2. The number of carbonyl (C=O) groups is 1. The fraction of sp³-hybridized carbons (Fsp3) is 0.400. The number of nitrogens with zero attached hydrogens (tertiary/aromatic N) is 1. The Kier molecular flexibility index (Phi) is 7.39. The van der Waals surface area contributed by atoms with Gasteiger partial charge in [-0.25, -0.2) is 0 Å². The first-order valence-electron chi connectivity index (χ1n) is 6.61. The molecule has 0 atom stereocenters. The molecule has 0 aromatic heterocycles. The predicted octanol–water partition coefficient (Wildman–Crippen LogP) is 1.34. The van der Waals surface area contributed by atoms with Crippen LogP contribution in [0, 0.1) is 0 Å². The van der Waals surface area contributed by atoms with E-state index >= 15 is 0 Å². The van der Waals surface area contributed by atoms with Gasteiger partial charge < -0.3 is 20.3 Å². The number of likely N-dealkylation sites (N-methyl/N-ethyl adjacent to an activating group) is 1. The summed E-state index contributed by atoms with van der Waals surface area (Å²) in [5, 5.41) is 5.76. The predicted molar refractivity (Wildman–Crippen MR) is 82.2 cm³/mol. The van der Waals surface area contributed by atoms with Crippen LogP contribution in [0.4, 0.5) is 5.69 Å². The molecule has 5 nitrogen and oxygen atoms in total. The molecule has 0 unspecified atom stereocenters. The highest BCUT2D eigenvalue weighted by Gasteiger charge is 2.02. The van der Waals surface area contributed by atoms with Crippen molar-refractivity contribution in [3.8, 4) is 5.75 Å². The van der Waals surface area contributed by atoms with Gasteiger partial charge in [-0.2, -0.15) is 0 Å². The molecule has 0 spiro atoms. The summed E-state index contributed by atoms with van der Waals surface area (Å²) in [5.41, 5.74) is 0.734. The lowest BCUT2D eigenvalue weighted by atomic mass is 10.3. The van der Waals surface area contributed by atoms with Crippen LogP contribution in [-0.4, -0.2) is 51.1 Å². The molecule has 1 amide bonds. The molecule has 2 N–H and O–H groups in total. The van der Waals surface area contributed by atoms with E-state index < -0.39 is 0 Å². The number of carbonyl (C=O) groups excluding carboxylic acids is 1. The van der Waals surface area contributed by atoms with Crippen molar-refractivity contribution in [3.05, 3.63) is 36.9 Å². The van der Waals surface area contributed by atoms with Crippen molar-refractivity contribution < 1.29 is 9.53 Å².